The van der Waals surface area contributed by atoms with Gasteiger partial charge in [0.2, 0.25) is 0 Å². The van der Waals surface area contributed by atoms with Crippen molar-refractivity contribution in [2.45, 2.75) is 87.0 Å². The summed E-state index contributed by atoms with van der Waals surface area (Å²) in [5.41, 5.74) is 3.25. The molecule has 0 spiro atoms. The highest BCUT2D eigenvalue weighted by atomic mass is 16.5. The summed E-state index contributed by atoms with van der Waals surface area (Å²) >= 11 is 0. The van der Waals surface area contributed by atoms with Crippen molar-refractivity contribution in [2.24, 2.45) is 11.3 Å². The van der Waals surface area contributed by atoms with Gasteiger partial charge < -0.3 is 9.84 Å². The second-order valence-electron chi connectivity index (χ2n) is 9.15. The van der Waals surface area contributed by atoms with E-state index >= 15 is 0 Å². The maximum atomic E-state index is 11.0. The molecule has 0 fully saturated rings. The zero-order valence-corrected chi connectivity index (χ0v) is 17.3. The third kappa shape index (κ3) is 4.91. The van der Waals surface area contributed by atoms with Crippen molar-refractivity contribution in [3.05, 3.63) is 22.8 Å². The first kappa shape index (κ1) is 20.9. The topological polar surface area (TPSA) is 29.5 Å². The maximum Gasteiger partial charge on any atom is 0.123 e. The van der Waals surface area contributed by atoms with Gasteiger partial charge in [-0.05, 0) is 48.1 Å². The van der Waals surface area contributed by atoms with Crippen LogP contribution in [0.4, 0.5) is 0 Å². The summed E-state index contributed by atoms with van der Waals surface area (Å²) in [5, 5.41) is 11.0. The van der Waals surface area contributed by atoms with Gasteiger partial charge in [-0.15, -0.1) is 0 Å². The number of phenolic OH excluding ortho intramolecular Hbond substituents is 1. The molecule has 0 bridgehead atoms. The van der Waals surface area contributed by atoms with E-state index in [1.165, 1.54) is 0 Å². The first-order valence-electron chi connectivity index (χ1n) is 9.42. The van der Waals surface area contributed by atoms with Gasteiger partial charge >= 0.3 is 0 Å². The van der Waals surface area contributed by atoms with Crippen molar-refractivity contribution in [3.8, 4) is 11.5 Å². The number of hydrogen-bond donors (Lipinski definition) is 1. The highest BCUT2D eigenvalue weighted by Gasteiger charge is 2.29. The van der Waals surface area contributed by atoms with Crippen molar-refractivity contribution in [3.63, 3.8) is 0 Å². The predicted molar refractivity (Wildman–Crippen MR) is 104 cm³/mol. The number of aromatic hydroxyl groups is 1. The number of rotatable bonds is 6. The van der Waals surface area contributed by atoms with E-state index in [2.05, 4.69) is 62.3 Å². The fraction of sp³-hybridized carbons (Fsp3) is 0.727. The molecule has 2 nitrogen and oxygen atoms in total. The van der Waals surface area contributed by atoms with E-state index < -0.39 is 0 Å². The lowest BCUT2D eigenvalue weighted by Crippen LogP contribution is -2.23. The van der Waals surface area contributed by atoms with Crippen molar-refractivity contribution in [1.29, 1.82) is 0 Å². The van der Waals surface area contributed by atoms with Crippen LogP contribution in [0.15, 0.2) is 6.07 Å². The summed E-state index contributed by atoms with van der Waals surface area (Å²) in [6.45, 7) is 20.5. The van der Waals surface area contributed by atoms with Crippen LogP contribution in [-0.4, -0.2) is 11.7 Å². The molecular weight excluding hydrogens is 296 g/mol. The van der Waals surface area contributed by atoms with E-state index in [1.807, 2.05) is 6.07 Å². The van der Waals surface area contributed by atoms with Crippen LogP contribution in [0.1, 0.15) is 84.9 Å². The van der Waals surface area contributed by atoms with Crippen LogP contribution in [-0.2, 0) is 11.8 Å². The Morgan fingerprint density at radius 1 is 1.08 bits per heavy atom. The van der Waals surface area contributed by atoms with Gasteiger partial charge in [0.15, 0.2) is 0 Å². The zero-order valence-electron chi connectivity index (χ0n) is 17.3. The molecule has 1 atom stereocenters. The van der Waals surface area contributed by atoms with Gasteiger partial charge in [0, 0.05) is 11.1 Å². The summed E-state index contributed by atoms with van der Waals surface area (Å²) in [4.78, 5) is 0. The summed E-state index contributed by atoms with van der Waals surface area (Å²) in [6, 6.07) is 2.04. The van der Waals surface area contributed by atoms with Gasteiger partial charge in [0.25, 0.3) is 0 Å². The fourth-order valence-corrected chi connectivity index (χ4v) is 3.29. The third-order valence-corrected chi connectivity index (χ3v) is 5.08. The van der Waals surface area contributed by atoms with Gasteiger partial charge in [-0.1, -0.05) is 61.8 Å². The van der Waals surface area contributed by atoms with Crippen molar-refractivity contribution in [1.82, 2.24) is 0 Å². The Labute approximate surface area is 149 Å². The van der Waals surface area contributed by atoms with E-state index in [4.69, 9.17) is 4.74 Å². The highest BCUT2D eigenvalue weighted by Crippen LogP contribution is 2.43. The Bertz CT molecular complexity index is 545. The van der Waals surface area contributed by atoms with Crippen LogP contribution in [0.3, 0.4) is 0 Å². The van der Waals surface area contributed by atoms with E-state index in [0.717, 1.165) is 41.7 Å². The molecule has 138 valence electrons. The molecule has 0 aliphatic carbocycles. The summed E-state index contributed by atoms with van der Waals surface area (Å²) in [7, 11) is 0. The Morgan fingerprint density at radius 2 is 1.67 bits per heavy atom. The molecule has 1 rings (SSSR count). The van der Waals surface area contributed by atoms with E-state index in [0.29, 0.717) is 18.3 Å². The van der Waals surface area contributed by atoms with Gasteiger partial charge in [0.1, 0.15) is 11.5 Å². The van der Waals surface area contributed by atoms with Crippen LogP contribution < -0.4 is 4.74 Å². The molecule has 24 heavy (non-hydrogen) atoms. The number of phenols is 1. The monoisotopic (exact) mass is 334 g/mol. The Balaban J connectivity index is 3.45. The SMILES string of the molecule is CCCOc1cc(C(C)(C)C)c(O)c(CC(CC)C(C)(C)C)c1C. The largest absolute Gasteiger partial charge is 0.507 e. The van der Waals surface area contributed by atoms with Crippen molar-refractivity contribution in [2.75, 3.05) is 6.61 Å². The summed E-state index contributed by atoms with van der Waals surface area (Å²) in [6.07, 6.45) is 2.98. The summed E-state index contributed by atoms with van der Waals surface area (Å²) in [5.74, 6) is 1.92. The van der Waals surface area contributed by atoms with Crippen molar-refractivity contribution < 1.29 is 9.84 Å². The number of benzene rings is 1. The minimum atomic E-state index is -0.111. The average molecular weight is 335 g/mol. The predicted octanol–water partition coefficient (Wildman–Crippen LogP) is 6.40. The lowest BCUT2D eigenvalue weighted by atomic mass is 9.74. The molecule has 0 saturated carbocycles. The number of hydrogen-bond acceptors (Lipinski definition) is 2. The van der Waals surface area contributed by atoms with Crippen LogP contribution in [0, 0.1) is 18.3 Å². The lowest BCUT2D eigenvalue weighted by Gasteiger charge is -2.32. The first-order chi connectivity index (χ1) is 10.9. The molecule has 2 heteroatoms. The normalized spacial score (nSPS) is 13.9. The van der Waals surface area contributed by atoms with E-state index in [-0.39, 0.29) is 10.8 Å². The Kier molecular flexibility index (Phi) is 6.78. The fourth-order valence-electron chi connectivity index (χ4n) is 3.29. The zero-order chi connectivity index (χ0) is 18.7. The second kappa shape index (κ2) is 7.80. The number of ether oxygens (including phenoxy) is 1. The molecule has 0 saturated heterocycles. The van der Waals surface area contributed by atoms with Crippen LogP contribution >= 0.6 is 0 Å². The molecule has 0 aliphatic heterocycles. The third-order valence-electron chi connectivity index (χ3n) is 5.08. The molecule has 0 aromatic heterocycles. The molecule has 0 aliphatic rings. The molecular formula is C22H38O2. The Morgan fingerprint density at radius 3 is 2.08 bits per heavy atom. The van der Waals surface area contributed by atoms with Gasteiger partial charge in [-0.2, -0.15) is 0 Å². The van der Waals surface area contributed by atoms with Gasteiger partial charge in [-0.25, -0.2) is 0 Å². The first-order valence-corrected chi connectivity index (χ1v) is 9.42. The molecule has 0 radical (unpaired) electrons. The molecule has 1 unspecified atom stereocenters. The van der Waals surface area contributed by atoms with Gasteiger partial charge in [0.05, 0.1) is 6.61 Å². The van der Waals surface area contributed by atoms with Crippen molar-refractivity contribution >= 4 is 0 Å². The smallest absolute Gasteiger partial charge is 0.123 e. The lowest BCUT2D eigenvalue weighted by molar-refractivity contribution is 0.229. The highest BCUT2D eigenvalue weighted by molar-refractivity contribution is 5.55. The second-order valence-corrected chi connectivity index (χ2v) is 9.15. The molecule has 1 N–H and O–H groups in total. The Hall–Kier alpha value is -1.18. The van der Waals surface area contributed by atoms with Crippen LogP contribution in [0.25, 0.3) is 0 Å². The minimum absolute atomic E-state index is 0.111. The summed E-state index contributed by atoms with van der Waals surface area (Å²) < 4.78 is 6.01. The molecule has 1 aromatic rings. The molecule has 1 aromatic carbocycles. The van der Waals surface area contributed by atoms with Crippen LogP contribution in [0.5, 0.6) is 11.5 Å². The quantitative estimate of drug-likeness (QED) is 0.652. The van der Waals surface area contributed by atoms with Crippen LogP contribution in [0.2, 0.25) is 0 Å². The maximum absolute atomic E-state index is 11.0. The molecule has 0 heterocycles. The van der Waals surface area contributed by atoms with E-state index in [1.54, 1.807) is 0 Å². The van der Waals surface area contributed by atoms with Gasteiger partial charge in [-0.3, -0.25) is 0 Å². The van der Waals surface area contributed by atoms with E-state index in [9.17, 15) is 5.11 Å². The average Bonchev–Trinajstić information content (AvgIpc) is 2.43. The minimum Gasteiger partial charge on any atom is -0.507 e. The molecule has 0 amide bonds. The standard InChI is InChI=1S/C22H38O2/c1-10-12-24-19-14-18(22(7,8)9)20(23)17(15(19)3)13-16(11-2)21(4,5)6/h14,16,23H,10-13H2,1-9H3.